The van der Waals surface area contributed by atoms with Crippen molar-refractivity contribution in [3.8, 4) is 11.5 Å². The maximum absolute atomic E-state index is 14.6. The second-order valence-corrected chi connectivity index (χ2v) is 10.5. The van der Waals surface area contributed by atoms with Crippen molar-refractivity contribution < 1.29 is 27.7 Å². The standard InChI is InChI=1S/C31H27FN2O5S/c1-38-26-13-11-20(17-27(26)39-2)15-16-33-30(35)21-12-14-29-25(18-21)34(19-22-7-3-5-9-24(22)32)31(36)23-8-4-6-10-28(23)40(29)37/h3-14,17-18H,15-16,19H2,1-2H3,(H,33,35)/t40-/m0/s1. The first-order valence-corrected chi connectivity index (χ1v) is 13.8. The molecule has 9 heteroatoms. The second-order valence-electron chi connectivity index (χ2n) is 9.13. The molecule has 0 aromatic heterocycles. The minimum Gasteiger partial charge on any atom is -0.493 e. The Bertz CT molecular complexity index is 1620. The molecular weight excluding hydrogens is 531 g/mol. The van der Waals surface area contributed by atoms with Crippen molar-refractivity contribution in [3.63, 3.8) is 0 Å². The van der Waals surface area contributed by atoms with Crippen LogP contribution in [-0.4, -0.2) is 36.8 Å². The first-order valence-electron chi connectivity index (χ1n) is 12.6. The summed E-state index contributed by atoms with van der Waals surface area (Å²) in [5.74, 6) is -0.00869. The highest BCUT2D eigenvalue weighted by Gasteiger charge is 2.32. The predicted octanol–water partition coefficient (Wildman–Crippen LogP) is 5.14. The Morgan fingerprint density at radius 3 is 2.42 bits per heavy atom. The fourth-order valence-corrected chi connectivity index (χ4v) is 5.96. The van der Waals surface area contributed by atoms with Gasteiger partial charge in [-0.05, 0) is 60.5 Å². The van der Waals surface area contributed by atoms with Crippen molar-refractivity contribution in [1.29, 1.82) is 0 Å². The molecule has 2 amide bonds. The van der Waals surface area contributed by atoms with E-state index in [2.05, 4.69) is 5.32 Å². The molecule has 0 saturated heterocycles. The molecule has 7 nitrogen and oxygen atoms in total. The highest BCUT2D eigenvalue weighted by atomic mass is 32.2. The third kappa shape index (κ3) is 5.33. The van der Waals surface area contributed by atoms with Crippen molar-refractivity contribution in [1.82, 2.24) is 5.32 Å². The number of anilines is 1. The molecule has 0 bridgehead atoms. The Morgan fingerprint density at radius 2 is 1.65 bits per heavy atom. The van der Waals surface area contributed by atoms with E-state index in [-0.39, 0.29) is 18.0 Å². The minimum absolute atomic E-state index is 0.0889. The van der Waals surface area contributed by atoms with E-state index in [1.807, 2.05) is 18.2 Å². The van der Waals surface area contributed by atoms with Gasteiger partial charge in [-0.2, -0.15) is 0 Å². The number of hydrogen-bond acceptors (Lipinski definition) is 5. The molecule has 4 aromatic rings. The van der Waals surface area contributed by atoms with Gasteiger partial charge in [0.15, 0.2) is 11.5 Å². The number of benzene rings is 4. The lowest BCUT2D eigenvalue weighted by molar-refractivity contribution is 0.0950. The molecule has 1 N–H and O–H groups in total. The molecule has 1 aliphatic heterocycles. The zero-order valence-corrected chi connectivity index (χ0v) is 22.8. The quantitative estimate of drug-likeness (QED) is 0.324. The first kappa shape index (κ1) is 27.1. The number of halogens is 1. The summed E-state index contributed by atoms with van der Waals surface area (Å²) in [6.07, 6.45) is 0.550. The summed E-state index contributed by atoms with van der Waals surface area (Å²) in [5, 5.41) is 2.90. The number of nitrogens with zero attached hydrogens (tertiary/aromatic N) is 1. The average Bonchev–Trinajstić information content (AvgIpc) is 3.07. The van der Waals surface area contributed by atoms with Gasteiger partial charge in [0.25, 0.3) is 11.8 Å². The van der Waals surface area contributed by atoms with Crippen molar-refractivity contribution in [2.75, 3.05) is 25.7 Å². The van der Waals surface area contributed by atoms with Gasteiger partial charge in [0.05, 0.1) is 52.6 Å². The predicted molar refractivity (Wildman–Crippen MR) is 150 cm³/mol. The molecule has 1 aliphatic rings. The smallest absolute Gasteiger partial charge is 0.259 e. The lowest BCUT2D eigenvalue weighted by Crippen LogP contribution is -2.31. The van der Waals surface area contributed by atoms with Crippen molar-refractivity contribution in [2.45, 2.75) is 22.8 Å². The van der Waals surface area contributed by atoms with E-state index in [9.17, 15) is 18.2 Å². The van der Waals surface area contributed by atoms with Crippen LogP contribution in [0.4, 0.5) is 10.1 Å². The first-order chi connectivity index (χ1) is 19.4. The Kier molecular flexibility index (Phi) is 7.93. The fraction of sp³-hybridized carbons (Fsp3) is 0.161. The van der Waals surface area contributed by atoms with Crippen molar-refractivity contribution in [2.24, 2.45) is 0 Å². The second kappa shape index (κ2) is 11.7. The number of nitrogens with one attached hydrogen (secondary N) is 1. The monoisotopic (exact) mass is 558 g/mol. The lowest BCUT2D eigenvalue weighted by atomic mass is 10.1. The normalized spacial score (nSPS) is 14.1. The number of amides is 2. The Hall–Kier alpha value is -4.50. The van der Waals surface area contributed by atoms with Crippen LogP contribution >= 0.6 is 0 Å². The van der Waals surface area contributed by atoms with E-state index < -0.39 is 22.5 Å². The van der Waals surface area contributed by atoms with E-state index in [0.29, 0.717) is 51.1 Å². The lowest BCUT2D eigenvalue weighted by Gasteiger charge is -2.24. The van der Waals surface area contributed by atoms with E-state index >= 15 is 0 Å². The number of fused-ring (bicyclic) bond motifs is 2. The molecule has 1 heterocycles. The number of methoxy groups -OCH3 is 2. The highest BCUT2D eigenvalue weighted by molar-refractivity contribution is 7.85. The number of rotatable bonds is 8. The zero-order chi connectivity index (χ0) is 28.2. The summed E-state index contributed by atoms with van der Waals surface area (Å²) in [5.41, 5.74) is 2.12. The van der Waals surface area contributed by atoms with Gasteiger partial charge in [-0.15, -0.1) is 0 Å². The molecular formula is C31H27FN2O5S. The molecule has 5 rings (SSSR count). The van der Waals surface area contributed by atoms with E-state index in [1.165, 1.54) is 11.0 Å². The van der Waals surface area contributed by atoms with Crippen molar-refractivity contribution >= 4 is 28.3 Å². The largest absolute Gasteiger partial charge is 0.493 e. The Balaban J connectivity index is 1.43. The van der Waals surface area contributed by atoms with Crippen LogP contribution in [0, 0.1) is 5.82 Å². The third-order valence-corrected chi connectivity index (χ3v) is 8.21. The maximum atomic E-state index is 14.6. The van der Waals surface area contributed by atoms with Gasteiger partial charge in [-0.3, -0.25) is 9.59 Å². The minimum atomic E-state index is -1.68. The molecule has 1 atom stereocenters. The summed E-state index contributed by atoms with van der Waals surface area (Å²) >= 11 is 0. The van der Waals surface area contributed by atoms with Gasteiger partial charge >= 0.3 is 0 Å². The molecule has 204 valence electrons. The maximum Gasteiger partial charge on any atom is 0.259 e. The fourth-order valence-electron chi connectivity index (χ4n) is 4.62. The van der Waals surface area contributed by atoms with E-state index in [0.717, 1.165) is 5.56 Å². The van der Waals surface area contributed by atoms with Gasteiger partial charge in [0.2, 0.25) is 0 Å². The molecule has 0 fully saturated rings. The van der Waals surface area contributed by atoms with E-state index in [4.69, 9.17) is 9.47 Å². The summed E-state index contributed by atoms with van der Waals surface area (Å²) in [4.78, 5) is 29.0. The molecule has 0 unspecified atom stereocenters. The average molecular weight is 559 g/mol. The highest BCUT2D eigenvalue weighted by Crippen LogP contribution is 2.36. The van der Waals surface area contributed by atoms with Crippen molar-refractivity contribution in [3.05, 3.63) is 113 Å². The Labute approximate surface area is 234 Å². The summed E-state index contributed by atoms with van der Waals surface area (Å²) in [6.45, 7) is 0.259. The number of carbonyl (C=O) groups is 2. The molecule has 0 saturated carbocycles. The van der Waals surface area contributed by atoms with Crippen LogP contribution in [0.5, 0.6) is 11.5 Å². The van der Waals surface area contributed by atoms with Crippen LogP contribution in [0.25, 0.3) is 0 Å². The Morgan fingerprint density at radius 1 is 0.900 bits per heavy atom. The molecule has 4 aromatic carbocycles. The van der Waals surface area contributed by atoms with Gasteiger partial charge in [0, 0.05) is 17.7 Å². The molecule has 0 aliphatic carbocycles. The van der Waals surface area contributed by atoms with Crippen LogP contribution in [0.15, 0.2) is 94.7 Å². The third-order valence-electron chi connectivity index (χ3n) is 6.71. The van der Waals surface area contributed by atoms with Crippen LogP contribution < -0.4 is 19.7 Å². The topological polar surface area (TPSA) is 84.9 Å². The van der Waals surface area contributed by atoms with Crippen LogP contribution in [-0.2, 0) is 23.8 Å². The van der Waals surface area contributed by atoms with Crippen LogP contribution in [0.2, 0.25) is 0 Å². The van der Waals surface area contributed by atoms with Gasteiger partial charge in [-0.25, -0.2) is 8.60 Å². The summed E-state index contributed by atoms with van der Waals surface area (Å²) in [7, 11) is 1.45. The SMILES string of the molecule is COc1ccc(CCNC(=O)c2ccc3c(c2)N(Cc2ccccc2F)C(=O)c2ccccc2[S@@]3=O)cc1OC. The summed E-state index contributed by atoms with van der Waals surface area (Å²) in [6, 6.07) is 23.1. The number of carbonyl (C=O) groups excluding carboxylic acids is 2. The molecule has 0 spiro atoms. The van der Waals surface area contributed by atoms with Gasteiger partial charge in [-0.1, -0.05) is 36.4 Å². The van der Waals surface area contributed by atoms with Gasteiger partial charge in [0.1, 0.15) is 5.82 Å². The van der Waals surface area contributed by atoms with Gasteiger partial charge < -0.3 is 19.7 Å². The van der Waals surface area contributed by atoms with Crippen LogP contribution in [0.1, 0.15) is 31.8 Å². The number of ether oxygens (including phenoxy) is 2. The van der Waals surface area contributed by atoms with E-state index in [1.54, 1.807) is 74.9 Å². The van der Waals surface area contributed by atoms with Crippen LogP contribution in [0.3, 0.4) is 0 Å². The molecule has 40 heavy (non-hydrogen) atoms. The molecule has 0 radical (unpaired) electrons. The number of hydrogen-bond donors (Lipinski definition) is 1. The summed E-state index contributed by atoms with van der Waals surface area (Å²) < 4.78 is 38.8. The zero-order valence-electron chi connectivity index (χ0n) is 22.0.